The summed E-state index contributed by atoms with van der Waals surface area (Å²) in [6, 6.07) is 37.5. The van der Waals surface area contributed by atoms with Crippen molar-refractivity contribution in [3.05, 3.63) is 178 Å². The van der Waals surface area contributed by atoms with Crippen LogP contribution in [0.25, 0.3) is 0 Å². The first kappa shape index (κ1) is 38.0. The molecule has 1 aliphatic carbocycles. The Balaban J connectivity index is 0.00000481. The highest BCUT2D eigenvalue weighted by molar-refractivity contribution is 6.03. The molecule has 2 aliphatic heterocycles. The summed E-state index contributed by atoms with van der Waals surface area (Å²) in [5.74, 6) is 0. The lowest BCUT2D eigenvalue weighted by atomic mass is 9.81. The van der Waals surface area contributed by atoms with Gasteiger partial charge in [-0.2, -0.15) is 4.58 Å². The second kappa shape index (κ2) is 15.7. The van der Waals surface area contributed by atoms with Gasteiger partial charge in [-0.05, 0) is 73.1 Å². The number of amides is 1. The SMILES string of the molecule is CN1/C(=C/C=C2\CCCC(/C=C/C3=[N+](C)c4ccccc4C3(C)C)=C2N(Cc2ccccc2)C(=O)OCc2ccccc2)C(C)(C)c2ccccc21.[I-]. The Hall–Kier alpha value is -4.69. The fraction of sp³-hybridized carbons (Fsp3) is 0.277. The number of hydrogen-bond acceptors (Lipinski definition) is 3. The average molecular weight is 816 g/mol. The van der Waals surface area contributed by atoms with E-state index in [1.54, 1.807) is 0 Å². The number of hydrogen-bond donors (Lipinski definition) is 0. The second-order valence-electron chi connectivity index (χ2n) is 15.2. The van der Waals surface area contributed by atoms with Crippen LogP contribution in [0.3, 0.4) is 0 Å². The molecule has 0 saturated heterocycles. The van der Waals surface area contributed by atoms with Gasteiger partial charge >= 0.3 is 6.09 Å². The summed E-state index contributed by atoms with van der Waals surface area (Å²) in [5.41, 5.74) is 12.5. The van der Waals surface area contributed by atoms with Gasteiger partial charge in [-0.1, -0.05) is 123 Å². The van der Waals surface area contributed by atoms with E-state index >= 15 is 0 Å². The molecule has 53 heavy (non-hydrogen) atoms. The maximum Gasteiger partial charge on any atom is 0.414 e. The van der Waals surface area contributed by atoms with Crippen molar-refractivity contribution in [2.75, 3.05) is 19.0 Å². The van der Waals surface area contributed by atoms with E-state index in [0.717, 1.165) is 47.2 Å². The predicted octanol–water partition coefficient (Wildman–Crippen LogP) is 7.77. The first-order valence-electron chi connectivity index (χ1n) is 18.5. The molecule has 0 radical (unpaired) electrons. The van der Waals surface area contributed by atoms with Crippen LogP contribution in [-0.4, -0.2) is 35.4 Å². The highest BCUT2D eigenvalue weighted by Gasteiger charge is 2.43. The second-order valence-corrected chi connectivity index (χ2v) is 15.2. The van der Waals surface area contributed by atoms with Gasteiger partial charge in [0.05, 0.1) is 17.7 Å². The zero-order valence-electron chi connectivity index (χ0n) is 31.8. The predicted molar refractivity (Wildman–Crippen MR) is 213 cm³/mol. The standard InChI is InChI=1S/C47H50N3O2.HI/c1-46(2)38-24-13-15-26-40(38)48(5)42(46)30-28-36-22-17-23-37(29-31-43-47(3,4)39-25-14-16-27-41(39)49(43)6)44(36)50(32-34-18-9-7-10-19-34)45(51)52-33-35-20-11-8-12-21-35;/h7-16,18-21,24-31H,17,22-23,32-33H2,1-6H3;1H/q+1;/p-1. The number of likely N-dealkylation sites (N-methyl/N-ethyl adjacent to an activating group) is 1. The number of fused-ring (bicyclic) bond motifs is 2. The van der Waals surface area contributed by atoms with Gasteiger partial charge in [-0.25, -0.2) is 4.79 Å². The van der Waals surface area contributed by atoms with E-state index in [-0.39, 0.29) is 47.5 Å². The van der Waals surface area contributed by atoms with Gasteiger partial charge in [0.25, 0.3) is 0 Å². The number of allylic oxidation sites excluding steroid dienone is 7. The number of halogens is 1. The molecule has 0 aromatic heterocycles. The van der Waals surface area contributed by atoms with Crippen LogP contribution in [0.1, 0.15) is 69.2 Å². The normalized spacial score (nSPS) is 18.7. The van der Waals surface area contributed by atoms with Crippen LogP contribution in [0.2, 0.25) is 0 Å². The summed E-state index contributed by atoms with van der Waals surface area (Å²) < 4.78 is 8.42. The number of anilines is 1. The van der Waals surface area contributed by atoms with Crippen LogP contribution in [0, 0.1) is 0 Å². The molecule has 0 spiro atoms. The summed E-state index contributed by atoms with van der Waals surface area (Å²) in [6.07, 6.45) is 11.4. The molecule has 0 atom stereocenters. The van der Waals surface area contributed by atoms with Crippen molar-refractivity contribution in [3.8, 4) is 0 Å². The number of benzene rings is 4. The molecule has 0 saturated carbocycles. The Kier molecular flexibility index (Phi) is 11.3. The fourth-order valence-corrected chi connectivity index (χ4v) is 8.34. The molecule has 7 rings (SSSR count). The smallest absolute Gasteiger partial charge is 0.414 e. The molecule has 1 amide bonds. The first-order chi connectivity index (χ1) is 25.1. The van der Waals surface area contributed by atoms with Crippen molar-refractivity contribution in [1.29, 1.82) is 0 Å². The molecule has 4 aromatic rings. The molecule has 2 heterocycles. The van der Waals surface area contributed by atoms with E-state index in [4.69, 9.17) is 4.74 Å². The molecule has 0 unspecified atom stereocenters. The number of ether oxygens (including phenoxy) is 1. The third-order valence-corrected chi connectivity index (χ3v) is 11.1. The molecule has 0 bridgehead atoms. The summed E-state index contributed by atoms with van der Waals surface area (Å²) in [5, 5.41) is 0. The van der Waals surface area contributed by atoms with Gasteiger partial charge in [0.2, 0.25) is 5.69 Å². The van der Waals surface area contributed by atoms with E-state index in [2.05, 4.69) is 136 Å². The molecule has 0 N–H and O–H groups in total. The Morgan fingerprint density at radius 3 is 2.08 bits per heavy atom. The number of nitrogens with zero attached hydrogens (tertiary/aromatic N) is 3. The minimum atomic E-state index is -0.349. The van der Waals surface area contributed by atoms with Crippen molar-refractivity contribution in [1.82, 2.24) is 4.90 Å². The lowest BCUT2D eigenvalue weighted by Gasteiger charge is -2.32. The van der Waals surface area contributed by atoms with Gasteiger partial charge in [-0.15, -0.1) is 0 Å². The molecule has 6 heteroatoms. The van der Waals surface area contributed by atoms with Crippen LogP contribution in [-0.2, 0) is 28.7 Å². The Bertz CT molecular complexity index is 2140. The Morgan fingerprint density at radius 2 is 1.40 bits per heavy atom. The summed E-state index contributed by atoms with van der Waals surface area (Å²) in [4.78, 5) is 18.6. The summed E-state index contributed by atoms with van der Waals surface area (Å²) in [7, 11) is 4.31. The Labute approximate surface area is 332 Å². The van der Waals surface area contributed by atoms with Gasteiger partial charge in [-0.3, -0.25) is 4.90 Å². The van der Waals surface area contributed by atoms with E-state index in [1.807, 2.05) is 53.4 Å². The van der Waals surface area contributed by atoms with Gasteiger partial charge in [0.1, 0.15) is 13.7 Å². The largest absolute Gasteiger partial charge is 1.00 e. The number of para-hydroxylation sites is 2. The van der Waals surface area contributed by atoms with Crippen molar-refractivity contribution >= 4 is 23.2 Å². The van der Waals surface area contributed by atoms with E-state index in [1.165, 1.54) is 33.9 Å². The van der Waals surface area contributed by atoms with Crippen LogP contribution in [0.4, 0.5) is 16.2 Å². The minimum Gasteiger partial charge on any atom is -1.00 e. The van der Waals surface area contributed by atoms with E-state index in [9.17, 15) is 4.79 Å². The number of rotatable bonds is 8. The van der Waals surface area contributed by atoms with Gasteiger partial charge in [0.15, 0.2) is 5.71 Å². The fourth-order valence-electron chi connectivity index (χ4n) is 8.34. The van der Waals surface area contributed by atoms with Crippen LogP contribution < -0.4 is 28.9 Å². The highest BCUT2D eigenvalue weighted by Crippen LogP contribution is 2.47. The third kappa shape index (κ3) is 7.43. The minimum absolute atomic E-state index is 0. The molecule has 0 fully saturated rings. The third-order valence-electron chi connectivity index (χ3n) is 11.1. The lowest BCUT2D eigenvalue weighted by Crippen LogP contribution is -3.00. The molecular formula is C47H50IN3O2. The van der Waals surface area contributed by atoms with Crippen molar-refractivity contribution in [2.24, 2.45) is 0 Å². The van der Waals surface area contributed by atoms with Crippen LogP contribution >= 0.6 is 0 Å². The van der Waals surface area contributed by atoms with Gasteiger partial charge in [0, 0.05) is 41.6 Å². The lowest BCUT2D eigenvalue weighted by molar-refractivity contribution is -0.401. The highest BCUT2D eigenvalue weighted by atomic mass is 127. The average Bonchev–Trinajstić information content (AvgIpc) is 3.48. The molecule has 3 aliphatic rings. The monoisotopic (exact) mass is 815 g/mol. The Morgan fingerprint density at radius 1 is 0.774 bits per heavy atom. The molecule has 4 aromatic carbocycles. The van der Waals surface area contributed by atoms with Crippen molar-refractivity contribution in [3.63, 3.8) is 0 Å². The van der Waals surface area contributed by atoms with Crippen molar-refractivity contribution in [2.45, 2.75) is 70.9 Å². The zero-order chi connectivity index (χ0) is 36.5. The van der Waals surface area contributed by atoms with Crippen LogP contribution in [0.5, 0.6) is 0 Å². The zero-order valence-corrected chi connectivity index (χ0v) is 33.9. The number of carbonyl (C=O) groups is 1. The van der Waals surface area contributed by atoms with Gasteiger partial charge < -0.3 is 33.6 Å². The molecule has 5 nitrogen and oxygen atoms in total. The number of carbonyl (C=O) groups excluding carboxylic acids is 1. The van der Waals surface area contributed by atoms with E-state index in [0.29, 0.717) is 6.54 Å². The summed E-state index contributed by atoms with van der Waals surface area (Å²) in [6.45, 7) is 9.79. The topological polar surface area (TPSA) is 35.8 Å². The first-order valence-corrected chi connectivity index (χ1v) is 18.5. The summed E-state index contributed by atoms with van der Waals surface area (Å²) >= 11 is 0. The van der Waals surface area contributed by atoms with E-state index < -0.39 is 0 Å². The molecule has 272 valence electrons. The van der Waals surface area contributed by atoms with Crippen LogP contribution in [0.15, 0.2) is 156 Å². The quantitative estimate of drug-likeness (QED) is 0.135. The maximum absolute atomic E-state index is 14.4. The molecular weight excluding hydrogens is 765 g/mol. The maximum atomic E-state index is 14.4. The van der Waals surface area contributed by atoms with Crippen molar-refractivity contribution < 1.29 is 38.1 Å².